The minimum Gasteiger partial charge on any atom is -0.496 e. The van der Waals surface area contributed by atoms with Crippen LogP contribution in [0.2, 0.25) is 0 Å². The second-order valence-corrected chi connectivity index (χ2v) is 4.56. The van der Waals surface area contributed by atoms with Crippen LogP contribution in [0.1, 0.15) is 24.9 Å². The number of hydrogen-bond acceptors (Lipinski definition) is 4. The molecule has 1 aromatic carbocycles. The first kappa shape index (κ1) is 13.3. The first-order valence-corrected chi connectivity index (χ1v) is 6.08. The molecule has 100 valence electrons. The number of hydrogen-bond donors (Lipinski definition) is 2. The van der Waals surface area contributed by atoms with Crippen molar-refractivity contribution in [3.63, 3.8) is 0 Å². The second kappa shape index (κ2) is 5.65. The van der Waals surface area contributed by atoms with E-state index in [2.05, 4.69) is 5.43 Å². The van der Waals surface area contributed by atoms with Gasteiger partial charge in [0.05, 0.1) is 19.3 Å². The number of nitrogens with one attached hydrogen (secondary N) is 1. The van der Waals surface area contributed by atoms with E-state index < -0.39 is 0 Å². The Balaban J connectivity index is 2.34. The molecular formula is C13H19FN2O2. The van der Waals surface area contributed by atoms with Crippen LogP contribution in [0.15, 0.2) is 18.2 Å². The third-order valence-corrected chi connectivity index (χ3v) is 3.57. The molecule has 0 saturated carbocycles. The average molecular weight is 254 g/mol. The van der Waals surface area contributed by atoms with Gasteiger partial charge in [0, 0.05) is 18.1 Å². The molecule has 0 amide bonds. The molecule has 18 heavy (non-hydrogen) atoms. The van der Waals surface area contributed by atoms with E-state index in [-0.39, 0.29) is 23.9 Å². The van der Waals surface area contributed by atoms with Gasteiger partial charge < -0.3 is 9.47 Å². The molecule has 3 unspecified atom stereocenters. The van der Waals surface area contributed by atoms with Gasteiger partial charge in [0.1, 0.15) is 11.6 Å². The van der Waals surface area contributed by atoms with E-state index in [0.29, 0.717) is 12.4 Å². The van der Waals surface area contributed by atoms with Crippen LogP contribution >= 0.6 is 0 Å². The molecule has 4 nitrogen and oxygen atoms in total. The number of methoxy groups -OCH3 is 1. The second-order valence-electron chi connectivity index (χ2n) is 4.56. The van der Waals surface area contributed by atoms with Gasteiger partial charge in [-0.05, 0) is 31.5 Å². The highest BCUT2D eigenvalue weighted by atomic mass is 19.1. The van der Waals surface area contributed by atoms with Crippen LogP contribution in [-0.2, 0) is 4.74 Å². The number of benzene rings is 1. The van der Waals surface area contributed by atoms with E-state index in [0.717, 1.165) is 12.0 Å². The maximum Gasteiger partial charge on any atom is 0.123 e. The average Bonchev–Trinajstić information content (AvgIpc) is 2.77. The molecule has 1 heterocycles. The van der Waals surface area contributed by atoms with Gasteiger partial charge in [0.15, 0.2) is 0 Å². The molecule has 1 aliphatic rings. The van der Waals surface area contributed by atoms with Crippen molar-refractivity contribution in [2.45, 2.75) is 25.5 Å². The lowest BCUT2D eigenvalue weighted by Crippen LogP contribution is -2.36. The van der Waals surface area contributed by atoms with Gasteiger partial charge in [-0.2, -0.15) is 0 Å². The summed E-state index contributed by atoms with van der Waals surface area (Å²) in [6.07, 6.45) is 0.995. The molecule has 3 N–H and O–H groups in total. The highest BCUT2D eigenvalue weighted by Gasteiger charge is 2.33. The quantitative estimate of drug-likeness (QED) is 0.635. The number of rotatable bonds is 4. The zero-order valence-electron chi connectivity index (χ0n) is 10.7. The first-order valence-electron chi connectivity index (χ1n) is 6.08. The minimum absolute atomic E-state index is 0.0963. The van der Waals surface area contributed by atoms with Crippen molar-refractivity contribution >= 4 is 0 Å². The number of hydrazine groups is 1. The normalized spacial score (nSPS) is 25.1. The zero-order chi connectivity index (χ0) is 13.1. The van der Waals surface area contributed by atoms with Crippen LogP contribution in [0.5, 0.6) is 5.75 Å². The molecule has 0 aliphatic carbocycles. The molecule has 5 heteroatoms. The van der Waals surface area contributed by atoms with Crippen LogP contribution in [0.3, 0.4) is 0 Å². The van der Waals surface area contributed by atoms with E-state index in [1.165, 1.54) is 12.1 Å². The molecule has 3 atom stereocenters. The first-order chi connectivity index (χ1) is 8.67. The number of ether oxygens (including phenoxy) is 2. The summed E-state index contributed by atoms with van der Waals surface area (Å²) in [7, 11) is 1.57. The third-order valence-electron chi connectivity index (χ3n) is 3.57. The molecule has 2 rings (SSSR count). The lowest BCUT2D eigenvalue weighted by atomic mass is 9.88. The lowest BCUT2D eigenvalue weighted by Gasteiger charge is -2.26. The van der Waals surface area contributed by atoms with Crippen molar-refractivity contribution in [3.8, 4) is 5.75 Å². The summed E-state index contributed by atoms with van der Waals surface area (Å²) >= 11 is 0. The van der Waals surface area contributed by atoms with Crippen LogP contribution in [0.25, 0.3) is 0 Å². The monoisotopic (exact) mass is 254 g/mol. The van der Waals surface area contributed by atoms with Gasteiger partial charge in [-0.25, -0.2) is 4.39 Å². The Bertz CT molecular complexity index is 414. The van der Waals surface area contributed by atoms with Crippen molar-refractivity contribution < 1.29 is 13.9 Å². The topological polar surface area (TPSA) is 56.5 Å². The van der Waals surface area contributed by atoms with Crippen molar-refractivity contribution in [1.82, 2.24) is 5.43 Å². The summed E-state index contributed by atoms with van der Waals surface area (Å²) in [4.78, 5) is 0. The van der Waals surface area contributed by atoms with E-state index in [1.807, 2.05) is 6.92 Å². The largest absolute Gasteiger partial charge is 0.496 e. The predicted octanol–water partition coefficient (Wildman–Crippen LogP) is 1.76. The molecule has 1 aromatic rings. The molecule has 1 saturated heterocycles. The van der Waals surface area contributed by atoms with Crippen LogP contribution in [-0.4, -0.2) is 19.8 Å². The molecule has 1 aliphatic heterocycles. The highest BCUT2D eigenvalue weighted by Crippen LogP contribution is 2.37. The molecule has 1 fully saturated rings. The van der Waals surface area contributed by atoms with Gasteiger partial charge in [0.2, 0.25) is 0 Å². The minimum atomic E-state index is -0.294. The Kier molecular flexibility index (Phi) is 4.16. The molecule has 0 bridgehead atoms. The number of nitrogens with two attached hydrogens (primary N) is 1. The maximum absolute atomic E-state index is 13.4. The smallest absolute Gasteiger partial charge is 0.123 e. The van der Waals surface area contributed by atoms with E-state index in [1.54, 1.807) is 13.2 Å². The maximum atomic E-state index is 13.4. The summed E-state index contributed by atoms with van der Waals surface area (Å²) in [5, 5.41) is 0. The Hall–Kier alpha value is -1.17. The Morgan fingerprint density at radius 1 is 1.56 bits per heavy atom. The summed E-state index contributed by atoms with van der Waals surface area (Å²) in [5.74, 6) is 6.19. The molecular weight excluding hydrogens is 235 g/mol. The standard InChI is InChI=1S/C13H19FN2O2/c1-8-10(5-6-18-8)13(16-15)11-7-9(14)3-4-12(11)17-2/h3-4,7-8,10,13,16H,5-6,15H2,1-2H3. The fourth-order valence-electron chi connectivity index (χ4n) is 2.58. The Labute approximate surface area is 106 Å². The van der Waals surface area contributed by atoms with E-state index in [9.17, 15) is 4.39 Å². The van der Waals surface area contributed by atoms with Gasteiger partial charge in [-0.3, -0.25) is 11.3 Å². The van der Waals surface area contributed by atoms with Crippen molar-refractivity contribution in [3.05, 3.63) is 29.6 Å². The van der Waals surface area contributed by atoms with Crippen molar-refractivity contribution in [1.29, 1.82) is 0 Å². The Morgan fingerprint density at radius 3 is 2.89 bits per heavy atom. The summed E-state index contributed by atoms with van der Waals surface area (Å²) < 4.78 is 24.2. The van der Waals surface area contributed by atoms with Crippen molar-refractivity contribution in [2.75, 3.05) is 13.7 Å². The van der Waals surface area contributed by atoms with Gasteiger partial charge in [-0.1, -0.05) is 0 Å². The van der Waals surface area contributed by atoms with Crippen molar-refractivity contribution in [2.24, 2.45) is 11.8 Å². The molecule has 0 spiro atoms. The lowest BCUT2D eigenvalue weighted by molar-refractivity contribution is 0.0950. The summed E-state index contributed by atoms with van der Waals surface area (Å²) in [6.45, 7) is 2.72. The van der Waals surface area contributed by atoms with Crippen LogP contribution in [0.4, 0.5) is 4.39 Å². The summed E-state index contributed by atoms with van der Waals surface area (Å²) in [6, 6.07) is 4.29. The Morgan fingerprint density at radius 2 is 2.33 bits per heavy atom. The molecule has 0 aromatic heterocycles. The third kappa shape index (κ3) is 2.48. The summed E-state index contributed by atoms with van der Waals surface area (Å²) in [5.41, 5.74) is 3.50. The fraction of sp³-hybridized carbons (Fsp3) is 0.538. The molecule has 0 radical (unpaired) electrons. The predicted molar refractivity (Wildman–Crippen MR) is 66.5 cm³/mol. The van der Waals surface area contributed by atoms with E-state index >= 15 is 0 Å². The number of halogens is 1. The highest BCUT2D eigenvalue weighted by molar-refractivity contribution is 5.37. The zero-order valence-corrected chi connectivity index (χ0v) is 10.7. The van der Waals surface area contributed by atoms with Gasteiger partial charge in [0.25, 0.3) is 0 Å². The van der Waals surface area contributed by atoms with Gasteiger partial charge >= 0.3 is 0 Å². The van der Waals surface area contributed by atoms with Crippen LogP contribution < -0.4 is 16.0 Å². The van der Waals surface area contributed by atoms with E-state index in [4.69, 9.17) is 15.3 Å². The van der Waals surface area contributed by atoms with Crippen LogP contribution in [0, 0.1) is 11.7 Å². The SMILES string of the molecule is COc1ccc(F)cc1C(NN)C1CCOC1C. The van der Waals surface area contributed by atoms with Gasteiger partial charge in [-0.15, -0.1) is 0 Å². The fourth-order valence-corrected chi connectivity index (χ4v) is 2.58.